The molecule has 1 aromatic rings. The number of carbonyl (C=O) groups excluding carboxylic acids is 2. The van der Waals surface area contributed by atoms with Gasteiger partial charge in [-0.05, 0) is 38.5 Å². The number of rotatable bonds is 7. The van der Waals surface area contributed by atoms with Crippen LogP contribution in [0.5, 0.6) is 0 Å². The fourth-order valence-electron chi connectivity index (χ4n) is 1.65. The predicted octanol–water partition coefficient (Wildman–Crippen LogP) is 2.33. The summed E-state index contributed by atoms with van der Waals surface area (Å²) in [5, 5.41) is 5.06. The topological polar surface area (TPSA) is 67.4 Å². The molecule has 6 heteroatoms. The number of hydrogen-bond acceptors (Lipinski definition) is 3. The molecule has 2 amide bonds. The summed E-state index contributed by atoms with van der Waals surface area (Å²) in [6.07, 6.45) is 0.863. The molecule has 21 heavy (non-hydrogen) atoms. The highest BCUT2D eigenvalue weighted by Crippen LogP contribution is 2.16. The third-order valence-electron chi connectivity index (χ3n) is 2.60. The van der Waals surface area contributed by atoms with Crippen LogP contribution >= 0.6 is 0 Å². The van der Waals surface area contributed by atoms with E-state index in [0.29, 0.717) is 25.1 Å². The van der Waals surface area contributed by atoms with E-state index >= 15 is 0 Å². The normalized spacial score (nSPS) is 10.5. The lowest BCUT2D eigenvalue weighted by Crippen LogP contribution is -2.25. The maximum absolute atomic E-state index is 13.5. The van der Waals surface area contributed by atoms with E-state index < -0.39 is 11.7 Å². The van der Waals surface area contributed by atoms with Crippen molar-refractivity contribution in [3.8, 4) is 0 Å². The third kappa shape index (κ3) is 6.35. The van der Waals surface area contributed by atoms with Crippen molar-refractivity contribution in [1.82, 2.24) is 5.32 Å². The van der Waals surface area contributed by atoms with Crippen LogP contribution in [0.25, 0.3) is 0 Å². The van der Waals surface area contributed by atoms with Gasteiger partial charge in [-0.15, -0.1) is 0 Å². The predicted molar refractivity (Wildman–Crippen MR) is 78.7 cm³/mol. The van der Waals surface area contributed by atoms with Crippen molar-refractivity contribution >= 4 is 17.5 Å². The second-order valence-corrected chi connectivity index (χ2v) is 4.90. The zero-order valence-electron chi connectivity index (χ0n) is 12.5. The van der Waals surface area contributed by atoms with Crippen molar-refractivity contribution in [1.29, 1.82) is 0 Å². The molecule has 0 spiro atoms. The largest absolute Gasteiger partial charge is 0.379 e. The molecule has 2 N–H and O–H groups in total. The Morgan fingerprint density at radius 1 is 1.33 bits per heavy atom. The quantitative estimate of drug-likeness (QED) is 0.759. The molecule has 0 fully saturated rings. The molecule has 0 heterocycles. The lowest BCUT2D eigenvalue weighted by molar-refractivity contribution is -0.114. The SMILES string of the molecule is CC(=O)Nc1cc(C(=O)NCCCOC(C)C)ccc1F. The molecule has 0 aliphatic carbocycles. The van der Waals surface area contributed by atoms with Crippen molar-refractivity contribution in [2.75, 3.05) is 18.5 Å². The van der Waals surface area contributed by atoms with Crippen molar-refractivity contribution in [3.63, 3.8) is 0 Å². The fourth-order valence-corrected chi connectivity index (χ4v) is 1.65. The van der Waals surface area contributed by atoms with Crippen LogP contribution in [0.2, 0.25) is 0 Å². The highest BCUT2D eigenvalue weighted by Gasteiger charge is 2.10. The Hall–Kier alpha value is -1.95. The summed E-state index contributed by atoms with van der Waals surface area (Å²) in [7, 11) is 0. The van der Waals surface area contributed by atoms with E-state index in [1.165, 1.54) is 19.1 Å². The number of ether oxygens (including phenoxy) is 1. The van der Waals surface area contributed by atoms with Gasteiger partial charge >= 0.3 is 0 Å². The average molecular weight is 296 g/mol. The van der Waals surface area contributed by atoms with Crippen LogP contribution < -0.4 is 10.6 Å². The summed E-state index contributed by atoms with van der Waals surface area (Å²) in [5.41, 5.74) is 0.295. The molecule has 5 nitrogen and oxygen atoms in total. The van der Waals surface area contributed by atoms with E-state index in [1.807, 2.05) is 13.8 Å². The van der Waals surface area contributed by atoms with Crippen LogP contribution in [0.4, 0.5) is 10.1 Å². The van der Waals surface area contributed by atoms with E-state index in [2.05, 4.69) is 10.6 Å². The first-order chi connectivity index (χ1) is 9.90. The van der Waals surface area contributed by atoms with Crippen LogP contribution in [-0.2, 0) is 9.53 Å². The number of amides is 2. The molecular weight excluding hydrogens is 275 g/mol. The molecule has 0 atom stereocenters. The minimum Gasteiger partial charge on any atom is -0.379 e. The molecule has 0 aliphatic heterocycles. The Morgan fingerprint density at radius 2 is 2.05 bits per heavy atom. The number of hydrogen-bond donors (Lipinski definition) is 2. The maximum Gasteiger partial charge on any atom is 0.251 e. The molecule has 0 radical (unpaired) electrons. The Labute approximate surface area is 123 Å². The van der Waals surface area contributed by atoms with Gasteiger partial charge in [0.1, 0.15) is 5.82 Å². The van der Waals surface area contributed by atoms with Crippen LogP contribution in [-0.4, -0.2) is 31.1 Å². The summed E-state index contributed by atoms with van der Waals surface area (Å²) in [5.74, 6) is -1.28. The Balaban J connectivity index is 2.52. The molecule has 0 bridgehead atoms. The van der Waals surface area contributed by atoms with Gasteiger partial charge in [0.25, 0.3) is 5.91 Å². The standard InChI is InChI=1S/C15H21FN2O3/c1-10(2)21-8-4-7-17-15(20)12-5-6-13(16)14(9-12)18-11(3)19/h5-6,9-10H,4,7-8H2,1-3H3,(H,17,20)(H,18,19). The van der Waals surface area contributed by atoms with Gasteiger partial charge in [0.2, 0.25) is 5.91 Å². The van der Waals surface area contributed by atoms with Crippen molar-refractivity contribution in [3.05, 3.63) is 29.6 Å². The van der Waals surface area contributed by atoms with Gasteiger partial charge in [-0.25, -0.2) is 4.39 Å². The number of carbonyl (C=O) groups is 2. The van der Waals surface area contributed by atoms with Gasteiger partial charge in [-0.1, -0.05) is 0 Å². The van der Waals surface area contributed by atoms with E-state index in [-0.39, 0.29) is 17.7 Å². The Morgan fingerprint density at radius 3 is 2.67 bits per heavy atom. The monoisotopic (exact) mass is 296 g/mol. The summed E-state index contributed by atoms with van der Waals surface area (Å²) < 4.78 is 18.8. The van der Waals surface area contributed by atoms with Gasteiger partial charge in [0.15, 0.2) is 0 Å². The van der Waals surface area contributed by atoms with Crippen molar-refractivity contribution < 1.29 is 18.7 Å². The summed E-state index contributed by atoms with van der Waals surface area (Å²) >= 11 is 0. The van der Waals surface area contributed by atoms with Crippen molar-refractivity contribution in [2.24, 2.45) is 0 Å². The van der Waals surface area contributed by atoms with Gasteiger partial charge in [0, 0.05) is 25.6 Å². The van der Waals surface area contributed by atoms with Crippen LogP contribution in [0.3, 0.4) is 0 Å². The first-order valence-corrected chi connectivity index (χ1v) is 6.87. The number of nitrogens with one attached hydrogen (secondary N) is 2. The molecule has 1 aromatic carbocycles. The second kappa shape index (κ2) is 8.36. The van der Waals surface area contributed by atoms with Crippen molar-refractivity contribution in [2.45, 2.75) is 33.3 Å². The van der Waals surface area contributed by atoms with E-state index in [1.54, 1.807) is 0 Å². The van der Waals surface area contributed by atoms with Gasteiger partial charge < -0.3 is 15.4 Å². The number of benzene rings is 1. The Bertz CT molecular complexity index is 504. The van der Waals surface area contributed by atoms with Gasteiger partial charge in [0.05, 0.1) is 11.8 Å². The van der Waals surface area contributed by atoms with Gasteiger partial charge in [-0.2, -0.15) is 0 Å². The molecule has 0 aromatic heterocycles. The molecule has 0 unspecified atom stereocenters. The summed E-state index contributed by atoms with van der Waals surface area (Å²) in [6.45, 7) is 6.21. The molecule has 1 rings (SSSR count). The smallest absolute Gasteiger partial charge is 0.251 e. The van der Waals surface area contributed by atoms with Gasteiger partial charge in [-0.3, -0.25) is 9.59 Å². The zero-order valence-corrected chi connectivity index (χ0v) is 12.5. The minimum atomic E-state index is -0.577. The summed E-state index contributed by atoms with van der Waals surface area (Å²) in [4.78, 5) is 22.9. The highest BCUT2D eigenvalue weighted by molar-refractivity contribution is 5.96. The summed E-state index contributed by atoms with van der Waals surface area (Å²) in [6, 6.07) is 3.85. The van der Waals surface area contributed by atoms with Crippen LogP contribution in [0, 0.1) is 5.82 Å². The molecule has 0 saturated carbocycles. The van der Waals surface area contributed by atoms with Crippen LogP contribution in [0.1, 0.15) is 37.6 Å². The Kier molecular flexibility index (Phi) is 6.81. The maximum atomic E-state index is 13.5. The third-order valence-corrected chi connectivity index (χ3v) is 2.60. The molecular formula is C15H21FN2O3. The average Bonchev–Trinajstić information content (AvgIpc) is 2.39. The lowest BCUT2D eigenvalue weighted by Gasteiger charge is -2.09. The van der Waals surface area contributed by atoms with E-state index in [0.717, 1.165) is 6.07 Å². The molecule has 116 valence electrons. The number of anilines is 1. The fraction of sp³-hybridized carbons (Fsp3) is 0.467. The minimum absolute atomic E-state index is 0.00158. The highest BCUT2D eigenvalue weighted by atomic mass is 19.1. The lowest BCUT2D eigenvalue weighted by atomic mass is 10.1. The second-order valence-electron chi connectivity index (χ2n) is 4.90. The first kappa shape index (κ1) is 17.1. The molecule has 0 saturated heterocycles. The van der Waals surface area contributed by atoms with Crippen LogP contribution in [0.15, 0.2) is 18.2 Å². The first-order valence-electron chi connectivity index (χ1n) is 6.87. The number of halogens is 1. The van der Waals surface area contributed by atoms with E-state index in [4.69, 9.17) is 4.74 Å². The van der Waals surface area contributed by atoms with E-state index in [9.17, 15) is 14.0 Å². The zero-order chi connectivity index (χ0) is 15.8. The molecule has 0 aliphatic rings.